The summed E-state index contributed by atoms with van der Waals surface area (Å²) in [4.78, 5) is 9.38. The normalized spacial score (nSPS) is 16.9. The highest BCUT2D eigenvalue weighted by Crippen LogP contribution is 2.13. The van der Waals surface area contributed by atoms with Gasteiger partial charge in [-0.25, -0.2) is 0 Å². The van der Waals surface area contributed by atoms with E-state index in [1.54, 1.807) is 0 Å². The quantitative estimate of drug-likeness (QED) is 0.543. The fraction of sp³-hybridized carbons (Fsp3) is 0.682. The monoisotopic (exact) mass is 373 g/mol. The van der Waals surface area contributed by atoms with Gasteiger partial charge in [0, 0.05) is 45.3 Å². The van der Waals surface area contributed by atoms with Crippen molar-refractivity contribution < 1.29 is 0 Å². The van der Waals surface area contributed by atoms with Crippen LogP contribution in [0.5, 0.6) is 0 Å². The van der Waals surface area contributed by atoms with Crippen LogP contribution < -0.4 is 10.6 Å². The number of piperidine rings is 1. The average molecular weight is 374 g/mol. The third-order valence-electron chi connectivity index (χ3n) is 5.56. The maximum Gasteiger partial charge on any atom is 0.191 e. The van der Waals surface area contributed by atoms with Gasteiger partial charge in [0.05, 0.1) is 0 Å². The zero-order valence-corrected chi connectivity index (χ0v) is 18.0. The van der Waals surface area contributed by atoms with Crippen LogP contribution >= 0.6 is 0 Å². The predicted octanol–water partition coefficient (Wildman–Crippen LogP) is 3.07. The number of benzene rings is 1. The highest BCUT2D eigenvalue weighted by molar-refractivity contribution is 5.80. The lowest BCUT2D eigenvalue weighted by atomic mass is 10.0. The molecule has 2 rings (SSSR count). The standard InChI is InChI=1S/C22H39N5/c1-6-13-27-14-11-21(12-15-27)25-22(23-4)24-16-19-9-7-8-10-20(19)17-26(5)18(2)3/h7-10,18,21H,6,11-17H2,1-5H3,(H2,23,24,25). The summed E-state index contributed by atoms with van der Waals surface area (Å²) in [6.07, 6.45) is 3.62. The third-order valence-corrected chi connectivity index (χ3v) is 5.56. The molecule has 1 heterocycles. The van der Waals surface area contributed by atoms with Crippen LogP contribution in [0.25, 0.3) is 0 Å². The summed E-state index contributed by atoms with van der Waals surface area (Å²) >= 11 is 0. The van der Waals surface area contributed by atoms with E-state index in [9.17, 15) is 0 Å². The van der Waals surface area contributed by atoms with Crippen LogP contribution in [0.4, 0.5) is 0 Å². The first-order valence-corrected chi connectivity index (χ1v) is 10.5. The van der Waals surface area contributed by atoms with Gasteiger partial charge >= 0.3 is 0 Å². The molecule has 0 saturated carbocycles. The van der Waals surface area contributed by atoms with Gasteiger partial charge in [0.2, 0.25) is 0 Å². The highest BCUT2D eigenvalue weighted by Gasteiger charge is 2.19. The van der Waals surface area contributed by atoms with Crippen LogP contribution in [-0.4, -0.2) is 61.6 Å². The molecule has 1 aromatic carbocycles. The molecule has 27 heavy (non-hydrogen) atoms. The Hall–Kier alpha value is -1.59. The summed E-state index contributed by atoms with van der Waals surface area (Å²) in [5, 5.41) is 7.14. The van der Waals surface area contributed by atoms with Crippen molar-refractivity contribution >= 4 is 5.96 Å². The summed E-state index contributed by atoms with van der Waals surface area (Å²) < 4.78 is 0. The first kappa shape index (κ1) is 21.7. The molecule has 0 spiro atoms. The van der Waals surface area contributed by atoms with Crippen LogP contribution in [0, 0.1) is 0 Å². The first-order valence-electron chi connectivity index (χ1n) is 10.5. The van der Waals surface area contributed by atoms with E-state index < -0.39 is 0 Å². The molecule has 2 N–H and O–H groups in total. The fourth-order valence-corrected chi connectivity index (χ4v) is 3.52. The molecule has 0 aliphatic carbocycles. The minimum atomic E-state index is 0.520. The first-order chi connectivity index (χ1) is 13.0. The molecule has 0 aromatic heterocycles. The smallest absolute Gasteiger partial charge is 0.191 e. The van der Waals surface area contributed by atoms with Crippen molar-refractivity contribution in [2.24, 2.45) is 4.99 Å². The van der Waals surface area contributed by atoms with E-state index in [4.69, 9.17) is 0 Å². The molecule has 152 valence electrons. The van der Waals surface area contributed by atoms with Crippen LogP contribution in [0.15, 0.2) is 29.3 Å². The van der Waals surface area contributed by atoms with Gasteiger partial charge in [-0.1, -0.05) is 31.2 Å². The van der Waals surface area contributed by atoms with Crippen molar-refractivity contribution in [3.8, 4) is 0 Å². The molecule has 1 saturated heterocycles. The topological polar surface area (TPSA) is 42.9 Å². The van der Waals surface area contributed by atoms with Gasteiger partial charge in [0.1, 0.15) is 0 Å². The number of rotatable bonds is 8. The van der Waals surface area contributed by atoms with Gasteiger partial charge in [0.25, 0.3) is 0 Å². The summed E-state index contributed by atoms with van der Waals surface area (Å²) in [6, 6.07) is 9.76. The molecule has 1 aliphatic heterocycles. The summed E-state index contributed by atoms with van der Waals surface area (Å²) in [5.74, 6) is 0.913. The number of aliphatic imine (C=N–C) groups is 1. The maximum absolute atomic E-state index is 4.44. The van der Waals surface area contributed by atoms with Gasteiger partial charge in [-0.15, -0.1) is 0 Å². The molecule has 5 heteroatoms. The molecule has 1 aromatic rings. The van der Waals surface area contributed by atoms with E-state index in [0.717, 1.165) is 19.0 Å². The summed E-state index contributed by atoms with van der Waals surface area (Å²) in [6.45, 7) is 12.1. The van der Waals surface area contributed by atoms with Crippen molar-refractivity contribution in [2.75, 3.05) is 33.7 Å². The van der Waals surface area contributed by atoms with Gasteiger partial charge in [-0.3, -0.25) is 9.89 Å². The Labute approximate surface area is 166 Å². The van der Waals surface area contributed by atoms with E-state index >= 15 is 0 Å². The van der Waals surface area contributed by atoms with E-state index in [2.05, 4.69) is 77.5 Å². The predicted molar refractivity (Wildman–Crippen MR) is 116 cm³/mol. The van der Waals surface area contributed by atoms with Gasteiger partial charge in [-0.05, 0) is 57.8 Å². The lowest BCUT2D eigenvalue weighted by Crippen LogP contribution is -2.48. The Morgan fingerprint density at radius 1 is 1.22 bits per heavy atom. The minimum absolute atomic E-state index is 0.520. The Morgan fingerprint density at radius 3 is 2.48 bits per heavy atom. The molecule has 0 radical (unpaired) electrons. The van der Waals surface area contributed by atoms with Crippen LogP contribution in [0.3, 0.4) is 0 Å². The van der Waals surface area contributed by atoms with Crippen molar-refractivity contribution in [3.63, 3.8) is 0 Å². The Morgan fingerprint density at radius 2 is 1.89 bits per heavy atom. The summed E-state index contributed by atoms with van der Waals surface area (Å²) in [5.41, 5.74) is 2.72. The van der Waals surface area contributed by atoms with Crippen LogP contribution in [0.2, 0.25) is 0 Å². The fourth-order valence-electron chi connectivity index (χ4n) is 3.52. The van der Waals surface area contributed by atoms with E-state index in [1.807, 2.05) is 7.05 Å². The van der Waals surface area contributed by atoms with Crippen LogP contribution in [-0.2, 0) is 13.1 Å². The Balaban J connectivity index is 1.86. The third kappa shape index (κ3) is 7.15. The van der Waals surface area contributed by atoms with E-state index in [0.29, 0.717) is 12.1 Å². The second kappa shape index (κ2) is 11.3. The molecular formula is C22H39N5. The van der Waals surface area contributed by atoms with Crippen LogP contribution in [0.1, 0.15) is 51.2 Å². The second-order valence-electron chi connectivity index (χ2n) is 7.96. The van der Waals surface area contributed by atoms with Crippen molar-refractivity contribution in [1.29, 1.82) is 0 Å². The molecule has 0 atom stereocenters. The van der Waals surface area contributed by atoms with Crippen molar-refractivity contribution in [2.45, 2.75) is 65.2 Å². The van der Waals surface area contributed by atoms with Gasteiger partial charge in [0.15, 0.2) is 5.96 Å². The second-order valence-corrected chi connectivity index (χ2v) is 7.96. The molecule has 1 fully saturated rings. The number of hydrogen-bond donors (Lipinski definition) is 2. The molecule has 0 unspecified atom stereocenters. The average Bonchev–Trinajstić information content (AvgIpc) is 2.67. The maximum atomic E-state index is 4.44. The van der Waals surface area contributed by atoms with Gasteiger partial charge in [-0.2, -0.15) is 0 Å². The molecular weight excluding hydrogens is 334 g/mol. The number of nitrogens with one attached hydrogen (secondary N) is 2. The SMILES string of the molecule is CCCN1CCC(NC(=NC)NCc2ccccc2CN(C)C(C)C)CC1. The largest absolute Gasteiger partial charge is 0.354 e. The molecule has 0 bridgehead atoms. The number of likely N-dealkylation sites (tertiary alicyclic amines) is 1. The molecule has 5 nitrogen and oxygen atoms in total. The molecule has 0 amide bonds. The Kier molecular flexibility index (Phi) is 9.08. The number of hydrogen-bond acceptors (Lipinski definition) is 3. The Bertz CT molecular complexity index is 576. The molecule has 1 aliphatic rings. The lowest BCUT2D eigenvalue weighted by molar-refractivity contribution is 0.206. The lowest BCUT2D eigenvalue weighted by Gasteiger charge is -2.32. The van der Waals surface area contributed by atoms with E-state index in [-0.39, 0.29) is 0 Å². The highest BCUT2D eigenvalue weighted by atomic mass is 15.2. The van der Waals surface area contributed by atoms with Crippen molar-refractivity contribution in [1.82, 2.24) is 20.4 Å². The zero-order valence-electron chi connectivity index (χ0n) is 18.0. The summed E-state index contributed by atoms with van der Waals surface area (Å²) in [7, 11) is 4.04. The minimum Gasteiger partial charge on any atom is -0.354 e. The van der Waals surface area contributed by atoms with Gasteiger partial charge < -0.3 is 15.5 Å². The van der Waals surface area contributed by atoms with Crippen molar-refractivity contribution in [3.05, 3.63) is 35.4 Å². The number of nitrogens with zero attached hydrogens (tertiary/aromatic N) is 3. The van der Waals surface area contributed by atoms with E-state index in [1.165, 1.54) is 50.0 Å². The number of guanidine groups is 1. The zero-order chi connectivity index (χ0) is 19.6.